The second kappa shape index (κ2) is 8.70. The monoisotopic (exact) mass is 410 g/mol. The molecule has 0 spiro atoms. The summed E-state index contributed by atoms with van der Waals surface area (Å²) in [6.45, 7) is 1.78. The van der Waals surface area contributed by atoms with Crippen LogP contribution in [0.15, 0.2) is 46.0 Å². The maximum absolute atomic E-state index is 10.8. The molecule has 7 heteroatoms. The third-order valence-electron chi connectivity index (χ3n) is 3.02. The lowest BCUT2D eigenvalue weighted by molar-refractivity contribution is -0.118. The minimum absolute atomic E-state index is 0.239. The molecule has 2 rings (SSSR count). The normalized spacial score (nSPS) is 10.7. The van der Waals surface area contributed by atoms with Gasteiger partial charge in [0.1, 0.15) is 6.61 Å². The van der Waals surface area contributed by atoms with Crippen LogP contribution in [-0.4, -0.2) is 19.2 Å². The molecule has 0 unspecified atom stereocenters. The predicted molar refractivity (Wildman–Crippen MR) is 97.9 cm³/mol. The molecule has 0 aromatic heterocycles. The van der Waals surface area contributed by atoms with E-state index >= 15 is 0 Å². The molecule has 0 heterocycles. The highest BCUT2D eigenvalue weighted by Gasteiger charge is 2.10. The Kier molecular flexibility index (Phi) is 6.63. The van der Waals surface area contributed by atoms with Gasteiger partial charge in [0.2, 0.25) is 5.91 Å². The van der Waals surface area contributed by atoms with E-state index in [1.807, 2.05) is 24.3 Å². The van der Waals surface area contributed by atoms with E-state index in [2.05, 4.69) is 26.5 Å². The molecule has 0 aliphatic heterocycles. The SMILES string of the molecule is COc1cc(/C=N\NC(C)=O)c(Br)cc1OCc1ccc(Cl)cc1. The number of hydrogen-bond acceptors (Lipinski definition) is 4. The molecule has 0 aliphatic carbocycles. The van der Waals surface area contributed by atoms with Gasteiger partial charge in [-0.25, -0.2) is 5.43 Å². The fourth-order valence-corrected chi connectivity index (χ4v) is 2.41. The topological polar surface area (TPSA) is 59.9 Å². The van der Waals surface area contributed by atoms with Gasteiger partial charge >= 0.3 is 0 Å². The van der Waals surface area contributed by atoms with Crippen molar-refractivity contribution in [2.45, 2.75) is 13.5 Å². The van der Waals surface area contributed by atoms with Gasteiger partial charge in [-0.3, -0.25) is 4.79 Å². The molecule has 5 nitrogen and oxygen atoms in total. The van der Waals surface area contributed by atoms with Crippen LogP contribution in [0.1, 0.15) is 18.1 Å². The number of benzene rings is 2. The van der Waals surface area contributed by atoms with Crippen molar-refractivity contribution in [3.05, 3.63) is 57.0 Å². The summed E-state index contributed by atoms with van der Waals surface area (Å²) in [5.74, 6) is 0.921. The van der Waals surface area contributed by atoms with Gasteiger partial charge in [0.25, 0.3) is 0 Å². The zero-order valence-corrected chi connectivity index (χ0v) is 15.5. The van der Waals surface area contributed by atoms with Crippen LogP contribution in [0.2, 0.25) is 5.02 Å². The standard InChI is InChI=1S/C17H16BrClN2O3/c1-11(22)21-20-9-13-7-16(23-2)17(8-15(13)18)24-10-12-3-5-14(19)6-4-12/h3-9H,10H2,1-2H3,(H,21,22)/b20-9-. The van der Waals surface area contributed by atoms with Gasteiger partial charge in [-0.2, -0.15) is 5.10 Å². The first-order chi connectivity index (χ1) is 11.5. The average Bonchev–Trinajstić information content (AvgIpc) is 2.55. The number of amides is 1. The van der Waals surface area contributed by atoms with Crippen LogP contribution in [0.4, 0.5) is 0 Å². The Bertz CT molecular complexity index is 748. The minimum Gasteiger partial charge on any atom is -0.493 e. The molecule has 2 aromatic carbocycles. The first-order valence-electron chi connectivity index (χ1n) is 7.04. The maximum Gasteiger partial charge on any atom is 0.236 e. The molecular formula is C17H16BrClN2O3. The van der Waals surface area contributed by atoms with Crippen LogP contribution in [0.3, 0.4) is 0 Å². The lowest BCUT2D eigenvalue weighted by atomic mass is 10.2. The van der Waals surface area contributed by atoms with Crippen molar-refractivity contribution in [1.29, 1.82) is 0 Å². The zero-order valence-electron chi connectivity index (χ0n) is 13.2. The molecule has 126 valence electrons. The summed E-state index contributed by atoms with van der Waals surface area (Å²) in [7, 11) is 1.56. The summed E-state index contributed by atoms with van der Waals surface area (Å²) >= 11 is 9.33. The van der Waals surface area contributed by atoms with Crippen LogP contribution >= 0.6 is 27.5 Å². The molecule has 24 heavy (non-hydrogen) atoms. The first kappa shape index (κ1) is 18.3. The summed E-state index contributed by atoms with van der Waals surface area (Å²) in [4.78, 5) is 10.8. The highest BCUT2D eigenvalue weighted by Crippen LogP contribution is 2.33. The number of halogens is 2. The largest absolute Gasteiger partial charge is 0.493 e. The molecule has 0 saturated heterocycles. The Balaban J connectivity index is 2.15. The van der Waals surface area contributed by atoms with Gasteiger partial charge in [-0.15, -0.1) is 0 Å². The van der Waals surface area contributed by atoms with E-state index in [1.54, 1.807) is 19.2 Å². The highest BCUT2D eigenvalue weighted by atomic mass is 79.9. The molecule has 0 aliphatic rings. The van der Waals surface area contributed by atoms with E-state index in [0.29, 0.717) is 23.1 Å². The lowest BCUT2D eigenvalue weighted by Crippen LogP contribution is -2.12. The maximum atomic E-state index is 10.8. The Labute approximate surface area is 153 Å². The third kappa shape index (κ3) is 5.25. The van der Waals surface area contributed by atoms with Crippen molar-refractivity contribution in [3.63, 3.8) is 0 Å². The van der Waals surface area contributed by atoms with Crippen LogP contribution in [0.25, 0.3) is 0 Å². The Morgan fingerprint density at radius 1 is 1.29 bits per heavy atom. The van der Waals surface area contributed by atoms with Crippen LogP contribution < -0.4 is 14.9 Å². The van der Waals surface area contributed by atoms with Crippen molar-refractivity contribution in [3.8, 4) is 11.5 Å². The molecule has 0 saturated carbocycles. The van der Waals surface area contributed by atoms with Gasteiger partial charge < -0.3 is 9.47 Å². The van der Waals surface area contributed by atoms with E-state index < -0.39 is 0 Å². The van der Waals surface area contributed by atoms with Crippen LogP contribution in [-0.2, 0) is 11.4 Å². The number of nitrogens with one attached hydrogen (secondary N) is 1. The van der Waals surface area contributed by atoms with E-state index in [0.717, 1.165) is 15.6 Å². The Hall–Kier alpha value is -2.05. The summed E-state index contributed by atoms with van der Waals surface area (Å²) in [5, 5.41) is 4.53. The first-order valence-corrected chi connectivity index (χ1v) is 8.21. The van der Waals surface area contributed by atoms with E-state index in [9.17, 15) is 4.79 Å². The second-order valence-electron chi connectivity index (χ2n) is 4.87. The van der Waals surface area contributed by atoms with Gasteiger partial charge in [-0.1, -0.05) is 23.7 Å². The number of carbonyl (C=O) groups is 1. The quantitative estimate of drug-likeness (QED) is 0.573. The number of ether oxygens (including phenoxy) is 2. The highest BCUT2D eigenvalue weighted by molar-refractivity contribution is 9.10. The summed E-state index contributed by atoms with van der Waals surface area (Å²) in [5.41, 5.74) is 4.10. The smallest absolute Gasteiger partial charge is 0.236 e. The summed E-state index contributed by atoms with van der Waals surface area (Å²) in [6, 6.07) is 11.0. The van der Waals surface area contributed by atoms with Gasteiger partial charge in [-0.05, 0) is 45.8 Å². The average molecular weight is 412 g/mol. The minimum atomic E-state index is -0.239. The number of methoxy groups -OCH3 is 1. The van der Waals surface area contributed by atoms with Crippen LogP contribution in [0.5, 0.6) is 11.5 Å². The fourth-order valence-electron chi connectivity index (χ4n) is 1.86. The number of hydrazone groups is 1. The third-order valence-corrected chi connectivity index (χ3v) is 3.95. The van der Waals surface area contributed by atoms with Crippen molar-refractivity contribution in [1.82, 2.24) is 5.43 Å². The molecule has 0 fully saturated rings. The van der Waals surface area contributed by atoms with Gasteiger partial charge in [0, 0.05) is 22.0 Å². The molecule has 1 N–H and O–H groups in total. The summed E-state index contributed by atoms with van der Waals surface area (Å²) in [6.07, 6.45) is 1.52. The molecular weight excluding hydrogens is 396 g/mol. The van der Waals surface area contributed by atoms with E-state index in [1.165, 1.54) is 13.1 Å². The Morgan fingerprint density at radius 2 is 2.00 bits per heavy atom. The number of rotatable bonds is 6. The molecule has 0 radical (unpaired) electrons. The van der Waals surface area contributed by atoms with E-state index in [-0.39, 0.29) is 5.91 Å². The van der Waals surface area contributed by atoms with Crippen molar-refractivity contribution >= 4 is 39.7 Å². The number of hydrogen-bond donors (Lipinski definition) is 1. The van der Waals surface area contributed by atoms with Crippen LogP contribution in [0, 0.1) is 0 Å². The Morgan fingerprint density at radius 3 is 2.62 bits per heavy atom. The van der Waals surface area contributed by atoms with Crippen molar-refractivity contribution < 1.29 is 14.3 Å². The van der Waals surface area contributed by atoms with E-state index in [4.69, 9.17) is 21.1 Å². The number of carbonyl (C=O) groups excluding carboxylic acids is 1. The molecule has 2 aromatic rings. The molecule has 1 amide bonds. The fraction of sp³-hybridized carbons (Fsp3) is 0.176. The second-order valence-corrected chi connectivity index (χ2v) is 6.16. The van der Waals surface area contributed by atoms with Crippen molar-refractivity contribution in [2.75, 3.05) is 7.11 Å². The lowest BCUT2D eigenvalue weighted by Gasteiger charge is -2.13. The zero-order chi connectivity index (χ0) is 17.5. The predicted octanol–water partition coefficient (Wildman–Crippen LogP) is 4.16. The molecule has 0 bridgehead atoms. The summed E-state index contributed by atoms with van der Waals surface area (Å²) < 4.78 is 11.9. The number of nitrogens with zero attached hydrogens (tertiary/aromatic N) is 1. The van der Waals surface area contributed by atoms with Gasteiger partial charge in [0.05, 0.1) is 13.3 Å². The van der Waals surface area contributed by atoms with Crippen molar-refractivity contribution in [2.24, 2.45) is 5.10 Å². The van der Waals surface area contributed by atoms with Gasteiger partial charge in [0.15, 0.2) is 11.5 Å². The molecule has 0 atom stereocenters.